The lowest BCUT2D eigenvalue weighted by Gasteiger charge is -2.25. The van der Waals surface area contributed by atoms with Crippen molar-refractivity contribution in [3.63, 3.8) is 0 Å². The summed E-state index contributed by atoms with van der Waals surface area (Å²) in [5.41, 5.74) is 0.445. The third kappa shape index (κ3) is 2.75. The first-order valence-electron chi connectivity index (χ1n) is 7.47. The maximum Gasteiger partial charge on any atom is 0.343 e. The van der Waals surface area contributed by atoms with Gasteiger partial charge in [0.05, 0.1) is 12.0 Å². The number of carbonyl (C=O) groups is 1. The van der Waals surface area contributed by atoms with Gasteiger partial charge in [0.2, 0.25) is 5.43 Å². The molecule has 6 heteroatoms. The predicted octanol–water partition coefficient (Wildman–Crippen LogP) is 2.64. The van der Waals surface area contributed by atoms with Crippen molar-refractivity contribution >= 4 is 28.8 Å². The summed E-state index contributed by atoms with van der Waals surface area (Å²) < 4.78 is 7.01. The Hall–Kier alpha value is -1.82. The Labute approximate surface area is 132 Å². The van der Waals surface area contributed by atoms with E-state index >= 15 is 0 Å². The van der Waals surface area contributed by atoms with Crippen LogP contribution in [0.5, 0.6) is 0 Å². The number of aromatic nitrogens is 2. The van der Waals surface area contributed by atoms with Gasteiger partial charge in [0.15, 0.2) is 0 Å². The Morgan fingerprint density at radius 3 is 2.95 bits per heavy atom. The minimum Gasteiger partial charge on any atom is -0.462 e. The maximum absolute atomic E-state index is 12.5. The molecule has 0 amide bonds. The molecule has 0 spiro atoms. The molecule has 2 aromatic heterocycles. The molecule has 0 aromatic carbocycles. The quantitative estimate of drug-likeness (QED) is 0.814. The zero-order chi connectivity index (χ0) is 15.5. The van der Waals surface area contributed by atoms with E-state index in [-0.39, 0.29) is 23.6 Å². The van der Waals surface area contributed by atoms with Crippen molar-refractivity contribution in [2.24, 2.45) is 0 Å². The van der Waals surface area contributed by atoms with Gasteiger partial charge >= 0.3 is 5.97 Å². The molecule has 0 saturated carbocycles. The van der Waals surface area contributed by atoms with Gasteiger partial charge in [-0.1, -0.05) is 0 Å². The number of thioether (sulfide) groups is 1. The van der Waals surface area contributed by atoms with Gasteiger partial charge in [-0.25, -0.2) is 9.78 Å². The Balaban J connectivity index is 2.19. The molecule has 3 heterocycles. The third-order valence-electron chi connectivity index (χ3n) is 3.87. The zero-order valence-electron chi connectivity index (χ0n) is 12.4. The van der Waals surface area contributed by atoms with Gasteiger partial charge in [-0.15, -0.1) is 0 Å². The largest absolute Gasteiger partial charge is 0.462 e. The minimum absolute atomic E-state index is 0.0978. The maximum atomic E-state index is 12.5. The van der Waals surface area contributed by atoms with Crippen LogP contribution in [0.4, 0.5) is 0 Å². The second-order valence-corrected chi connectivity index (χ2v) is 6.44. The number of carbonyl (C=O) groups excluding carboxylic acids is 1. The molecule has 3 rings (SSSR count). The standard InChI is InChI=1S/C16H18N2O3S/c1-2-21-16(20)13-10-18(11-5-8-22-9-6-11)15-12(14(13)19)4-3-7-17-15/h3-4,7,10-11H,2,5-6,8-9H2,1H3. The Bertz CT molecular complexity index is 751. The van der Waals surface area contributed by atoms with E-state index in [9.17, 15) is 9.59 Å². The van der Waals surface area contributed by atoms with Gasteiger partial charge in [0, 0.05) is 18.4 Å². The van der Waals surface area contributed by atoms with E-state index < -0.39 is 5.97 Å². The summed E-state index contributed by atoms with van der Waals surface area (Å²) in [6.45, 7) is 1.99. The van der Waals surface area contributed by atoms with E-state index in [1.807, 2.05) is 16.3 Å². The number of ether oxygens (including phenoxy) is 1. The highest BCUT2D eigenvalue weighted by molar-refractivity contribution is 7.99. The third-order valence-corrected chi connectivity index (χ3v) is 4.92. The second kappa shape index (κ2) is 6.52. The lowest BCUT2D eigenvalue weighted by Crippen LogP contribution is -2.24. The molecule has 1 saturated heterocycles. The van der Waals surface area contributed by atoms with Crippen molar-refractivity contribution in [1.82, 2.24) is 9.55 Å². The molecule has 5 nitrogen and oxygen atoms in total. The first-order valence-corrected chi connectivity index (χ1v) is 8.62. The molecule has 0 aliphatic carbocycles. The summed E-state index contributed by atoms with van der Waals surface area (Å²) in [5, 5.41) is 0.478. The second-order valence-electron chi connectivity index (χ2n) is 5.22. The van der Waals surface area contributed by atoms with Gasteiger partial charge in [0.1, 0.15) is 11.2 Å². The van der Waals surface area contributed by atoms with Crippen LogP contribution in [0, 0.1) is 0 Å². The summed E-state index contributed by atoms with van der Waals surface area (Å²) in [7, 11) is 0. The van der Waals surface area contributed by atoms with Crippen LogP contribution in [0.2, 0.25) is 0 Å². The molecule has 1 fully saturated rings. The fourth-order valence-corrected chi connectivity index (χ4v) is 3.86. The number of hydrogen-bond acceptors (Lipinski definition) is 5. The van der Waals surface area contributed by atoms with Crippen molar-refractivity contribution in [2.45, 2.75) is 25.8 Å². The Morgan fingerprint density at radius 2 is 2.23 bits per heavy atom. The molecule has 1 aliphatic rings. The average molecular weight is 318 g/mol. The zero-order valence-corrected chi connectivity index (χ0v) is 13.3. The molecule has 0 atom stereocenters. The molecule has 0 unspecified atom stereocenters. The highest BCUT2D eigenvalue weighted by atomic mass is 32.2. The Kier molecular flexibility index (Phi) is 4.47. The van der Waals surface area contributed by atoms with Gasteiger partial charge in [-0.05, 0) is 43.4 Å². The van der Waals surface area contributed by atoms with Crippen molar-refractivity contribution in [3.8, 4) is 0 Å². The van der Waals surface area contributed by atoms with E-state index in [4.69, 9.17) is 4.74 Å². The number of esters is 1. The highest BCUT2D eigenvalue weighted by Crippen LogP contribution is 2.29. The van der Waals surface area contributed by atoms with Crippen LogP contribution < -0.4 is 5.43 Å². The first kappa shape index (κ1) is 15.1. The van der Waals surface area contributed by atoms with E-state index in [1.54, 1.807) is 31.5 Å². The molecule has 22 heavy (non-hydrogen) atoms. The van der Waals surface area contributed by atoms with Crippen LogP contribution in [-0.4, -0.2) is 33.6 Å². The minimum atomic E-state index is -0.558. The van der Waals surface area contributed by atoms with Crippen LogP contribution in [0.3, 0.4) is 0 Å². The molecule has 116 valence electrons. The van der Waals surface area contributed by atoms with Crippen molar-refractivity contribution in [2.75, 3.05) is 18.1 Å². The van der Waals surface area contributed by atoms with Crippen LogP contribution in [0.1, 0.15) is 36.2 Å². The highest BCUT2D eigenvalue weighted by Gasteiger charge is 2.22. The normalized spacial score (nSPS) is 15.9. The van der Waals surface area contributed by atoms with Gasteiger partial charge < -0.3 is 9.30 Å². The summed E-state index contributed by atoms with van der Waals surface area (Å²) in [5.74, 6) is 1.61. The average Bonchev–Trinajstić information content (AvgIpc) is 2.56. The van der Waals surface area contributed by atoms with E-state index in [0.29, 0.717) is 11.0 Å². The SMILES string of the molecule is CCOC(=O)c1cn(C2CCSCC2)c2ncccc2c1=O. The van der Waals surface area contributed by atoms with Crippen molar-refractivity contribution in [3.05, 3.63) is 40.3 Å². The summed E-state index contributed by atoms with van der Waals surface area (Å²) >= 11 is 1.93. The molecule has 0 N–H and O–H groups in total. The molecule has 1 aliphatic heterocycles. The fraction of sp³-hybridized carbons (Fsp3) is 0.438. The number of hydrogen-bond donors (Lipinski definition) is 0. The summed E-state index contributed by atoms with van der Waals surface area (Å²) in [6, 6.07) is 3.72. The van der Waals surface area contributed by atoms with E-state index in [1.165, 1.54) is 0 Å². The van der Waals surface area contributed by atoms with Crippen LogP contribution in [0.25, 0.3) is 11.0 Å². The van der Waals surface area contributed by atoms with Gasteiger partial charge in [-0.2, -0.15) is 11.8 Å². The van der Waals surface area contributed by atoms with E-state index in [2.05, 4.69) is 4.98 Å². The number of fused-ring (bicyclic) bond motifs is 1. The van der Waals surface area contributed by atoms with Crippen molar-refractivity contribution < 1.29 is 9.53 Å². The van der Waals surface area contributed by atoms with Crippen LogP contribution >= 0.6 is 11.8 Å². The number of nitrogens with zero attached hydrogens (tertiary/aromatic N) is 2. The topological polar surface area (TPSA) is 61.2 Å². The van der Waals surface area contributed by atoms with Gasteiger partial charge in [-0.3, -0.25) is 4.79 Å². The predicted molar refractivity (Wildman–Crippen MR) is 87.6 cm³/mol. The molecule has 0 bridgehead atoms. The molecule has 2 aromatic rings. The molecule has 0 radical (unpaired) electrons. The lowest BCUT2D eigenvalue weighted by molar-refractivity contribution is 0.0524. The molecular weight excluding hydrogens is 300 g/mol. The smallest absolute Gasteiger partial charge is 0.343 e. The first-order chi connectivity index (χ1) is 10.7. The lowest BCUT2D eigenvalue weighted by atomic mass is 10.1. The summed E-state index contributed by atoms with van der Waals surface area (Å²) in [6.07, 6.45) is 5.35. The van der Waals surface area contributed by atoms with Crippen molar-refractivity contribution in [1.29, 1.82) is 0 Å². The fourth-order valence-electron chi connectivity index (χ4n) is 2.78. The van der Waals surface area contributed by atoms with Gasteiger partial charge in [0.25, 0.3) is 0 Å². The van der Waals surface area contributed by atoms with Crippen LogP contribution in [0.15, 0.2) is 29.3 Å². The Morgan fingerprint density at radius 1 is 1.45 bits per heavy atom. The van der Waals surface area contributed by atoms with E-state index in [0.717, 1.165) is 24.3 Å². The number of pyridine rings is 2. The monoisotopic (exact) mass is 318 g/mol. The number of rotatable bonds is 3. The summed E-state index contributed by atoms with van der Waals surface area (Å²) in [4.78, 5) is 29.0. The molecular formula is C16H18N2O3S. The van der Waals surface area contributed by atoms with Crippen LogP contribution in [-0.2, 0) is 4.74 Å².